The third kappa shape index (κ3) is 2.53. The minimum absolute atomic E-state index is 0.258. The second-order valence-corrected chi connectivity index (χ2v) is 6.02. The lowest BCUT2D eigenvalue weighted by molar-refractivity contribution is 0.268. The summed E-state index contributed by atoms with van der Waals surface area (Å²) in [7, 11) is 0. The van der Waals surface area contributed by atoms with E-state index in [1.807, 2.05) is 54.6 Å². The Kier molecular flexibility index (Phi) is 3.24. The van der Waals surface area contributed by atoms with Crippen LogP contribution in [0.25, 0.3) is 28.3 Å². The number of amidine groups is 1. The number of carbonyl (C=O) groups is 1. The van der Waals surface area contributed by atoms with Crippen LogP contribution in [0, 0.1) is 0 Å². The highest BCUT2D eigenvalue weighted by Crippen LogP contribution is 2.31. The van der Waals surface area contributed by atoms with Gasteiger partial charge in [-0.1, -0.05) is 41.6 Å². The third-order valence-corrected chi connectivity index (χ3v) is 4.31. The normalized spacial score (nSPS) is 16.3. The molecule has 0 spiro atoms. The van der Waals surface area contributed by atoms with Gasteiger partial charge in [0.05, 0.1) is 10.3 Å². The number of aromatic nitrogens is 1. The van der Waals surface area contributed by atoms with Crippen LogP contribution in [0.1, 0.15) is 5.56 Å². The van der Waals surface area contributed by atoms with Crippen molar-refractivity contribution in [3.05, 3.63) is 59.0 Å². The fourth-order valence-corrected chi connectivity index (χ4v) is 3.10. The molecule has 2 aromatic carbocycles. The summed E-state index contributed by atoms with van der Waals surface area (Å²) in [6.45, 7) is 0. The summed E-state index contributed by atoms with van der Waals surface area (Å²) in [5, 5.41) is 4.72. The molecule has 1 aromatic heterocycles. The summed E-state index contributed by atoms with van der Waals surface area (Å²) in [6.07, 6.45) is 1.84. The van der Waals surface area contributed by atoms with E-state index >= 15 is 0 Å². The van der Waals surface area contributed by atoms with Crippen LogP contribution in [0.5, 0.6) is 0 Å². The zero-order valence-electron chi connectivity index (χ0n) is 11.9. The van der Waals surface area contributed by atoms with Crippen LogP contribution in [-0.2, 0) is 0 Å². The van der Waals surface area contributed by atoms with E-state index in [1.54, 1.807) is 0 Å². The number of fused-ring (bicyclic) bond motifs is 1. The quantitative estimate of drug-likeness (QED) is 0.769. The highest BCUT2D eigenvalue weighted by molar-refractivity contribution is 8.18. The molecule has 112 valence electrons. The van der Waals surface area contributed by atoms with Crippen LogP contribution in [0.4, 0.5) is 4.79 Å². The molecule has 0 unspecified atom stereocenters. The van der Waals surface area contributed by atoms with E-state index in [0.717, 1.165) is 39.6 Å². The molecule has 0 aliphatic carbocycles. The number of aliphatic imine (C=N–C) groups is 1. The van der Waals surface area contributed by atoms with Crippen LogP contribution in [0.3, 0.4) is 0 Å². The largest absolute Gasteiger partial charge is 0.383 e. The number of nitrogens with zero attached hydrogens (tertiary/aromatic N) is 2. The van der Waals surface area contributed by atoms with Gasteiger partial charge in [-0.25, -0.2) is 0 Å². The minimum Gasteiger partial charge on any atom is -0.383 e. The topological polar surface area (TPSA) is 81.5 Å². The van der Waals surface area contributed by atoms with Crippen molar-refractivity contribution in [3.63, 3.8) is 0 Å². The highest BCUT2D eigenvalue weighted by Gasteiger charge is 2.19. The Bertz CT molecular complexity index is 974. The smallest absolute Gasteiger partial charge is 0.311 e. The van der Waals surface area contributed by atoms with Crippen molar-refractivity contribution in [3.8, 4) is 11.3 Å². The van der Waals surface area contributed by atoms with Gasteiger partial charge in [0.1, 0.15) is 11.4 Å². The van der Waals surface area contributed by atoms with E-state index in [9.17, 15) is 4.79 Å². The van der Waals surface area contributed by atoms with E-state index in [4.69, 9.17) is 10.3 Å². The summed E-state index contributed by atoms with van der Waals surface area (Å²) in [6, 6.07) is 15.6. The predicted octanol–water partition coefficient (Wildman–Crippen LogP) is 4.06. The summed E-state index contributed by atoms with van der Waals surface area (Å²) in [5.74, 6) is 0.978. The number of nitrogens with two attached hydrogens (primary N) is 1. The lowest BCUT2D eigenvalue weighted by Crippen LogP contribution is -2.08. The molecule has 1 aliphatic rings. The Morgan fingerprint density at radius 1 is 1.13 bits per heavy atom. The maximum atomic E-state index is 11.3. The minimum atomic E-state index is -0.287. The van der Waals surface area contributed by atoms with Gasteiger partial charge in [-0.3, -0.25) is 4.79 Å². The predicted molar refractivity (Wildman–Crippen MR) is 92.0 cm³/mol. The average molecular weight is 321 g/mol. The molecular weight excluding hydrogens is 310 g/mol. The highest BCUT2D eigenvalue weighted by atomic mass is 32.2. The summed E-state index contributed by atoms with van der Waals surface area (Å²) in [5.41, 5.74) is 8.39. The molecule has 0 saturated carbocycles. The standard InChI is InChI=1S/C17H11N3O2S/c18-16-14(23-17(21)19-16)9-10-6-7-13-12(8-10)15(22-20-13)11-4-2-1-3-5-11/h1-9H,(H2,18,19,21). The molecule has 1 aliphatic heterocycles. The first-order chi connectivity index (χ1) is 11.2. The Hall–Kier alpha value is -2.86. The van der Waals surface area contributed by atoms with Crippen LogP contribution >= 0.6 is 11.8 Å². The molecule has 5 nitrogen and oxygen atoms in total. The van der Waals surface area contributed by atoms with Gasteiger partial charge in [0, 0.05) is 5.56 Å². The maximum Gasteiger partial charge on any atom is 0.311 e. The first-order valence-corrected chi connectivity index (χ1v) is 7.75. The van der Waals surface area contributed by atoms with Crippen molar-refractivity contribution in [2.24, 2.45) is 10.7 Å². The van der Waals surface area contributed by atoms with E-state index in [-0.39, 0.29) is 11.1 Å². The van der Waals surface area contributed by atoms with Gasteiger partial charge in [-0.05, 0) is 35.5 Å². The van der Waals surface area contributed by atoms with Crippen molar-refractivity contribution in [2.75, 3.05) is 0 Å². The summed E-state index contributed by atoms with van der Waals surface area (Å²) in [4.78, 5) is 15.7. The number of carbonyl (C=O) groups excluding carboxylic acids is 1. The Morgan fingerprint density at radius 2 is 1.96 bits per heavy atom. The number of hydrogen-bond acceptors (Lipinski definition) is 5. The first kappa shape index (κ1) is 13.8. The summed E-state index contributed by atoms with van der Waals surface area (Å²) >= 11 is 1.03. The number of amides is 1. The van der Waals surface area contributed by atoms with Gasteiger partial charge in [0.25, 0.3) is 0 Å². The molecule has 0 fully saturated rings. The number of thioether (sulfide) groups is 1. The molecule has 1 amide bonds. The second-order valence-electron chi connectivity index (χ2n) is 5.03. The van der Waals surface area contributed by atoms with Gasteiger partial charge in [0.2, 0.25) is 0 Å². The van der Waals surface area contributed by atoms with Crippen LogP contribution < -0.4 is 5.73 Å². The van der Waals surface area contributed by atoms with E-state index in [1.165, 1.54) is 0 Å². The van der Waals surface area contributed by atoms with Crippen molar-refractivity contribution in [2.45, 2.75) is 0 Å². The molecule has 2 heterocycles. The summed E-state index contributed by atoms with van der Waals surface area (Å²) < 4.78 is 5.49. The first-order valence-electron chi connectivity index (χ1n) is 6.93. The monoisotopic (exact) mass is 321 g/mol. The van der Waals surface area contributed by atoms with Crippen LogP contribution in [0.2, 0.25) is 0 Å². The lowest BCUT2D eigenvalue weighted by atomic mass is 10.1. The van der Waals surface area contributed by atoms with Crippen molar-refractivity contribution < 1.29 is 9.32 Å². The van der Waals surface area contributed by atoms with Crippen molar-refractivity contribution in [1.82, 2.24) is 5.16 Å². The molecule has 23 heavy (non-hydrogen) atoms. The van der Waals surface area contributed by atoms with E-state index < -0.39 is 0 Å². The molecule has 0 atom stereocenters. The van der Waals surface area contributed by atoms with Gasteiger partial charge in [-0.15, -0.1) is 0 Å². The molecule has 2 N–H and O–H groups in total. The van der Waals surface area contributed by atoms with Gasteiger partial charge in [-0.2, -0.15) is 4.99 Å². The Labute approximate surface area is 135 Å². The zero-order chi connectivity index (χ0) is 15.8. The molecular formula is C17H11N3O2S. The number of benzene rings is 2. The number of rotatable bonds is 2. The Balaban J connectivity index is 1.81. The zero-order valence-corrected chi connectivity index (χ0v) is 12.7. The molecule has 0 radical (unpaired) electrons. The molecule has 3 aromatic rings. The SMILES string of the molecule is NC1=NC(=O)SC1=Cc1ccc2noc(-c3ccccc3)c2c1. The van der Waals surface area contributed by atoms with Gasteiger partial charge >= 0.3 is 5.24 Å². The molecule has 4 rings (SSSR count). The number of hydrogen-bond donors (Lipinski definition) is 1. The maximum absolute atomic E-state index is 11.3. The third-order valence-electron chi connectivity index (χ3n) is 3.50. The fraction of sp³-hybridized carbons (Fsp3) is 0. The van der Waals surface area contributed by atoms with Crippen LogP contribution in [0.15, 0.2) is 63.0 Å². The molecule has 0 saturated heterocycles. The van der Waals surface area contributed by atoms with E-state index in [0.29, 0.717) is 4.91 Å². The lowest BCUT2D eigenvalue weighted by Gasteiger charge is -1.99. The molecule has 0 bridgehead atoms. The average Bonchev–Trinajstić information content (AvgIpc) is 3.11. The van der Waals surface area contributed by atoms with Crippen LogP contribution in [-0.4, -0.2) is 16.2 Å². The fourth-order valence-electron chi connectivity index (χ4n) is 2.42. The van der Waals surface area contributed by atoms with Crippen molar-refractivity contribution in [1.29, 1.82) is 0 Å². The van der Waals surface area contributed by atoms with E-state index in [2.05, 4.69) is 10.1 Å². The second kappa shape index (κ2) is 5.40. The van der Waals surface area contributed by atoms with Crippen molar-refractivity contribution >= 4 is 39.8 Å². The van der Waals surface area contributed by atoms with Gasteiger partial charge < -0.3 is 10.3 Å². The molecule has 6 heteroatoms. The Morgan fingerprint density at radius 3 is 2.70 bits per heavy atom. The van der Waals surface area contributed by atoms with Gasteiger partial charge in [0.15, 0.2) is 5.76 Å².